The molecule has 0 saturated carbocycles. The van der Waals surface area contributed by atoms with E-state index in [9.17, 15) is 13.9 Å². The predicted molar refractivity (Wildman–Crippen MR) is 87.2 cm³/mol. The molecule has 0 aromatic heterocycles. The molecule has 0 fully saturated rings. The highest BCUT2D eigenvalue weighted by Crippen LogP contribution is 2.27. The molecule has 6 heteroatoms. The molecule has 1 N–H and O–H groups in total. The largest absolute Gasteiger partial charge is 0.497 e. The number of methoxy groups -OCH3 is 2. The van der Waals surface area contributed by atoms with Gasteiger partial charge in [-0.15, -0.1) is 0 Å². The van der Waals surface area contributed by atoms with Crippen LogP contribution in [0.2, 0.25) is 0 Å². The maximum Gasteiger partial charge on any atom is 0.131 e. The third-order valence-corrected chi connectivity index (χ3v) is 3.75. The molecule has 2 aromatic rings. The predicted octanol–water partition coefficient (Wildman–Crippen LogP) is 3.15. The molecule has 0 aliphatic carbocycles. The second-order valence-electron chi connectivity index (χ2n) is 5.53. The summed E-state index contributed by atoms with van der Waals surface area (Å²) in [6.45, 7) is 0.521. The normalized spacial score (nSPS) is 12.3. The Labute approximate surface area is 140 Å². The third-order valence-electron chi connectivity index (χ3n) is 3.75. The minimum Gasteiger partial charge on any atom is -0.497 e. The SMILES string of the molecule is COc1ccc(CN(C)CC(O)c2c(F)cccc2F)c(OC)c1. The summed E-state index contributed by atoms with van der Waals surface area (Å²) in [5.74, 6) is -0.185. The van der Waals surface area contributed by atoms with Crippen LogP contribution in [-0.4, -0.2) is 37.8 Å². The smallest absolute Gasteiger partial charge is 0.131 e. The summed E-state index contributed by atoms with van der Waals surface area (Å²) in [7, 11) is 4.88. The Kier molecular flexibility index (Phi) is 6.11. The van der Waals surface area contributed by atoms with Gasteiger partial charge in [-0.3, -0.25) is 4.90 Å². The fourth-order valence-corrected chi connectivity index (χ4v) is 2.55. The van der Waals surface area contributed by atoms with Gasteiger partial charge in [-0.2, -0.15) is 0 Å². The highest BCUT2D eigenvalue weighted by atomic mass is 19.1. The van der Waals surface area contributed by atoms with E-state index in [0.29, 0.717) is 18.0 Å². The molecule has 1 atom stereocenters. The van der Waals surface area contributed by atoms with E-state index in [4.69, 9.17) is 9.47 Å². The molecule has 2 aromatic carbocycles. The van der Waals surface area contributed by atoms with Crippen molar-refractivity contribution in [3.8, 4) is 11.5 Å². The van der Waals surface area contributed by atoms with Gasteiger partial charge >= 0.3 is 0 Å². The highest BCUT2D eigenvalue weighted by molar-refractivity contribution is 5.40. The molecule has 0 saturated heterocycles. The van der Waals surface area contributed by atoms with Crippen LogP contribution in [0.3, 0.4) is 0 Å². The van der Waals surface area contributed by atoms with Crippen molar-refractivity contribution in [2.75, 3.05) is 27.8 Å². The lowest BCUT2D eigenvalue weighted by Crippen LogP contribution is -2.25. The van der Waals surface area contributed by atoms with Gasteiger partial charge in [0, 0.05) is 24.7 Å². The number of rotatable bonds is 7. The van der Waals surface area contributed by atoms with Crippen LogP contribution in [-0.2, 0) is 6.54 Å². The Morgan fingerprint density at radius 2 is 1.75 bits per heavy atom. The number of likely N-dealkylation sites (N-methyl/N-ethyl adjacent to an activating group) is 1. The summed E-state index contributed by atoms with van der Waals surface area (Å²) in [6, 6.07) is 8.95. The Bertz CT molecular complexity index is 674. The Morgan fingerprint density at radius 3 is 2.33 bits per heavy atom. The van der Waals surface area contributed by atoms with E-state index >= 15 is 0 Å². The number of hydrogen-bond donors (Lipinski definition) is 1. The molecule has 130 valence electrons. The Balaban J connectivity index is 2.09. The van der Waals surface area contributed by atoms with Gasteiger partial charge in [-0.05, 0) is 25.2 Å². The van der Waals surface area contributed by atoms with E-state index in [-0.39, 0.29) is 12.1 Å². The van der Waals surface area contributed by atoms with Crippen molar-refractivity contribution >= 4 is 0 Å². The van der Waals surface area contributed by atoms with Gasteiger partial charge in [0.2, 0.25) is 0 Å². The van der Waals surface area contributed by atoms with Crippen molar-refractivity contribution in [2.45, 2.75) is 12.6 Å². The van der Waals surface area contributed by atoms with Crippen molar-refractivity contribution in [3.63, 3.8) is 0 Å². The van der Waals surface area contributed by atoms with E-state index in [2.05, 4.69) is 0 Å². The molecule has 0 spiro atoms. The lowest BCUT2D eigenvalue weighted by molar-refractivity contribution is 0.116. The van der Waals surface area contributed by atoms with Crippen LogP contribution >= 0.6 is 0 Å². The van der Waals surface area contributed by atoms with Crippen molar-refractivity contribution in [1.82, 2.24) is 4.90 Å². The van der Waals surface area contributed by atoms with Gasteiger partial charge in [0.25, 0.3) is 0 Å². The topological polar surface area (TPSA) is 41.9 Å². The van der Waals surface area contributed by atoms with Crippen LogP contribution < -0.4 is 9.47 Å². The first-order valence-electron chi connectivity index (χ1n) is 7.47. The fraction of sp³-hybridized carbons (Fsp3) is 0.333. The first-order valence-corrected chi connectivity index (χ1v) is 7.47. The molecular formula is C18H21F2NO3. The van der Waals surface area contributed by atoms with Gasteiger partial charge in [-0.1, -0.05) is 12.1 Å². The molecule has 1 unspecified atom stereocenters. The van der Waals surface area contributed by atoms with Gasteiger partial charge in [0.15, 0.2) is 0 Å². The van der Waals surface area contributed by atoms with E-state index in [1.54, 1.807) is 38.3 Å². The summed E-state index contributed by atoms with van der Waals surface area (Å²) < 4.78 is 37.9. The van der Waals surface area contributed by atoms with Gasteiger partial charge in [0.05, 0.1) is 25.9 Å². The van der Waals surface area contributed by atoms with Gasteiger partial charge in [-0.25, -0.2) is 8.78 Å². The average Bonchev–Trinajstić information content (AvgIpc) is 2.54. The molecule has 0 aliphatic heterocycles. The molecule has 4 nitrogen and oxygen atoms in total. The van der Waals surface area contributed by atoms with Crippen molar-refractivity contribution < 1.29 is 23.4 Å². The van der Waals surface area contributed by atoms with Gasteiger partial charge in [0.1, 0.15) is 23.1 Å². The van der Waals surface area contributed by atoms with E-state index in [1.807, 2.05) is 6.07 Å². The molecular weight excluding hydrogens is 316 g/mol. The highest BCUT2D eigenvalue weighted by Gasteiger charge is 2.20. The molecule has 0 heterocycles. The second-order valence-corrected chi connectivity index (χ2v) is 5.53. The average molecular weight is 337 g/mol. The third kappa shape index (κ3) is 4.21. The summed E-state index contributed by atoms with van der Waals surface area (Å²) in [5.41, 5.74) is 0.563. The first-order chi connectivity index (χ1) is 11.5. The lowest BCUT2D eigenvalue weighted by atomic mass is 10.1. The number of halogens is 2. The first kappa shape index (κ1) is 18.2. The van der Waals surface area contributed by atoms with Crippen LogP contribution in [0.1, 0.15) is 17.2 Å². The maximum absolute atomic E-state index is 13.7. The number of benzene rings is 2. The standard InChI is InChI=1S/C18H21F2NO3/c1-21(10-12-7-8-13(23-2)9-17(12)24-3)11-16(22)18-14(19)5-4-6-15(18)20/h4-9,16,22H,10-11H2,1-3H3. The monoisotopic (exact) mass is 337 g/mol. The maximum atomic E-state index is 13.7. The van der Waals surface area contributed by atoms with Crippen LogP contribution in [0.15, 0.2) is 36.4 Å². The number of hydrogen-bond acceptors (Lipinski definition) is 4. The molecule has 24 heavy (non-hydrogen) atoms. The van der Waals surface area contributed by atoms with Crippen molar-refractivity contribution in [3.05, 3.63) is 59.2 Å². The zero-order chi connectivity index (χ0) is 17.7. The van der Waals surface area contributed by atoms with E-state index < -0.39 is 17.7 Å². The number of nitrogens with zero attached hydrogens (tertiary/aromatic N) is 1. The van der Waals surface area contributed by atoms with Crippen molar-refractivity contribution in [1.29, 1.82) is 0 Å². The van der Waals surface area contributed by atoms with E-state index in [1.165, 1.54) is 6.07 Å². The number of aliphatic hydroxyl groups excluding tert-OH is 1. The van der Waals surface area contributed by atoms with Crippen LogP contribution in [0.25, 0.3) is 0 Å². The fourth-order valence-electron chi connectivity index (χ4n) is 2.55. The van der Waals surface area contributed by atoms with Gasteiger partial charge < -0.3 is 14.6 Å². The quantitative estimate of drug-likeness (QED) is 0.843. The Hall–Kier alpha value is -2.18. The molecule has 0 bridgehead atoms. The van der Waals surface area contributed by atoms with Crippen LogP contribution in [0.5, 0.6) is 11.5 Å². The van der Waals surface area contributed by atoms with E-state index in [0.717, 1.165) is 17.7 Å². The Morgan fingerprint density at radius 1 is 1.08 bits per heavy atom. The molecule has 0 amide bonds. The number of ether oxygens (including phenoxy) is 2. The minimum atomic E-state index is -1.26. The summed E-state index contributed by atoms with van der Waals surface area (Å²) in [4.78, 5) is 1.76. The molecule has 0 radical (unpaired) electrons. The van der Waals surface area contributed by atoms with Crippen LogP contribution in [0.4, 0.5) is 8.78 Å². The number of aliphatic hydroxyl groups is 1. The minimum absolute atomic E-state index is 0.0764. The van der Waals surface area contributed by atoms with Crippen LogP contribution in [0, 0.1) is 11.6 Å². The summed E-state index contributed by atoms with van der Waals surface area (Å²) in [5, 5.41) is 10.2. The van der Waals surface area contributed by atoms with Crippen molar-refractivity contribution in [2.24, 2.45) is 0 Å². The summed E-state index contributed by atoms with van der Waals surface area (Å²) >= 11 is 0. The molecule has 0 aliphatic rings. The second kappa shape index (κ2) is 8.08. The zero-order valence-electron chi connectivity index (χ0n) is 13.9. The summed E-state index contributed by atoms with van der Waals surface area (Å²) in [6.07, 6.45) is -1.26. The zero-order valence-corrected chi connectivity index (χ0v) is 13.9. The molecule has 2 rings (SSSR count). The lowest BCUT2D eigenvalue weighted by Gasteiger charge is -2.22.